The van der Waals surface area contributed by atoms with Crippen molar-refractivity contribution in [2.75, 3.05) is 6.54 Å². The van der Waals surface area contributed by atoms with Crippen molar-refractivity contribution in [3.63, 3.8) is 0 Å². The molecule has 0 saturated carbocycles. The van der Waals surface area contributed by atoms with Gasteiger partial charge < -0.3 is 9.73 Å². The summed E-state index contributed by atoms with van der Waals surface area (Å²) in [7, 11) is 0. The average Bonchev–Trinajstić information content (AvgIpc) is 2.88. The van der Waals surface area contributed by atoms with Gasteiger partial charge in [0.2, 0.25) is 0 Å². The maximum Gasteiger partial charge on any atom is 0.134 e. The van der Waals surface area contributed by atoms with Gasteiger partial charge in [-0.1, -0.05) is 30.7 Å². The molecule has 108 valence electrons. The fraction of sp³-hybridized carbons (Fsp3) is 0.412. The van der Waals surface area contributed by atoms with Gasteiger partial charge in [-0.25, -0.2) is 0 Å². The van der Waals surface area contributed by atoms with Crippen LogP contribution in [0.25, 0.3) is 11.3 Å². The van der Waals surface area contributed by atoms with E-state index < -0.39 is 0 Å². The van der Waals surface area contributed by atoms with Crippen LogP contribution in [0.1, 0.15) is 31.6 Å². The van der Waals surface area contributed by atoms with E-state index in [1.54, 1.807) is 0 Å². The van der Waals surface area contributed by atoms with E-state index in [-0.39, 0.29) is 0 Å². The lowest BCUT2D eigenvalue weighted by atomic mass is 10.1. The van der Waals surface area contributed by atoms with Gasteiger partial charge in [-0.2, -0.15) is 0 Å². The van der Waals surface area contributed by atoms with Crippen LogP contribution in [0, 0.1) is 6.92 Å². The molecule has 1 N–H and O–H groups in total. The molecule has 0 aliphatic carbocycles. The quantitative estimate of drug-likeness (QED) is 0.824. The minimum Gasteiger partial charge on any atom is -0.461 e. The van der Waals surface area contributed by atoms with Gasteiger partial charge in [0.25, 0.3) is 0 Å². The van der Waals surface area contributed by atoms with Crippen molar-refractivity contribution in [1.29, 1.82) is 0 Å². The summed E-state index contributed by atoms with van der Waals surface area (Å²) in [6, 6.07) is 10.4. The van der Waals surface area contributed by atoms with Gasteiger partial charge in [0.15, 0.2) is 0 Å². The summed E-state index contributed by atoms with van der Waals surface area (Å²) in [5, 5.41) is 4.25. The molecule has 1 unspecified atom stereocenters. The van der Waals surface area contributed by atoms with Crippen molar-refractivity contribution in [2.45, 2.75) is 39.7 Å². The van der Waals surface area contributed by atoms with Gasteiger partial charge in [0, 0.05) is 23.0 Å². The number of halogens is 1. The van der Waals surface area contributed by atoms with Crippen LogP contribution in [0.2, 0.25) is 5.02 Å². The van der Waals surface area contributed by atoms with Crippen LogP contribution in [0.4, 0.5) is 0 Å². The summed E-state index contributed by atoms with van der Waals surface area (Å²) in [5.74, 6) is 1.90. The Morgan fingerprint density at radius 1 is 1.25 bits per heavy atom. The summed E-state index contributed by atoms with van der Waals surface area (Å²) in [6.07, 6.45) is 2.05. The first-order valence-electron chi connectivity index (χ1n) is 7.19. The van der Waals surface area contributed by atoms with Crippen molar-refractivity contribution in [2.24, 2.45) is 0 Å². The number of benzene rings is 1. The fourth-order valence-electron chi connectivity index (χ4n) is 2.27. The van der Waals surface area contributed by atoms with Crippen LogP contribution in [0.3, 0.4) is 0 Å². The molecule has 2 aromatic rings. The lowest BCUT2D eigenvalue weighted by Crippen LogP contribution is -2.28. The van der Waals surface area contributed by atoms with Crippen LogP contribution >= 0.6 is 11.6 Å². The van der Waals surface area contributed by atoms with Crippen molar-refractivity contribution in [1.82, 2.24) is 5.32 Å². The third-order valence-corrected chi connectivity index (χ3v) is 3.85. The SMILES string of the molecule is CCCNC(C)Cc1ccc(-c2cccc(Cl)c2C)o1. The summed E-state index contributed by atoms with van der Waals surface area (Å²) in [6.45, 7) is 7.42. The zero-order chi connectivity index (χ0) is 14.5. The molecule has 0 amide bonds. The molecular formula is C17H22ClNO. The highest BCUT2D eigenvalue weighted by molar-refractivity contribution is 6.31. The van der Waals surface area contributed by atoms with E-state index >= 15 is 0 Å². The fourth-order valence-corrected chi connectivity index (χ4v) is 2.45. The Morgan fingerprint density at radius 3 is 2.80 bits per heavy atom. The number of hydrogen-bond acceptors (Lipinski definition) is 2. The standard InChI is InChI=1S/C17H22ClNO/c1-4-10-19-12(2)11-14-8-9-17(20-14)15-6-5-7-16(18)13(15)3/h5-9,12,19H,4,10-11H2,1-3H3. The molecule has 2 rings (SSSR count). The number of furan rings is 1. The Morgan fingerprint density at radius 2 is 2.05 bits per heavy atom. The maximum absolute atomic E-state index is 6.16. The van der Waals surface area contributed by atoms with Crippen LogP contribution in [0.5, 0.6) is 0 Å². The molecular weight excluding hydrogens is 270 g/mol. The van der Waals surface area contributed by atoms with Crippen molar-refractivity contribution < 1.29 is 4.42 Å². The zero-order valence-corrected chi connectivity index (χ0v) is 13.1. The van der Waals surface area contributed by atoms with Gasteiger partial charge in [0.05, 0.1) is 0 Å². The topological polar surface area (TPSA) is 25.2 Å². The lowest BCUT2D eigenvalue weighted by Gasteiger charge is -2.11. The van der Waals surface area contributed by atoms with E-state index in [0.717, 1.165) is 47.1 Å². The Kier molecular flexibility index (Phi) is 5.27. The van der Waals surface area contributed by atoms with E-state index in [0.29, 0.717) is 6.04 Å². The molecule has 1 aromatic carbocycles. The molecule has 0 aliphatic rings. The molecule has 0 bridgehead atoms. The van der Waals surface area contributed by atoms with Gasteiger partial charge in [0.1, 0.15) is 11.5 Å². The molecule has 0 saturated heterocycles. The summed E-state index contributed by atoms with van der Waals surface area (Å²) in [5.41, 5.74) is 2.13. The van der Waals surface area contributed by atoms with E-state index in [2.05, 4.69) is 25.2 Å². The largest absolute Gasteiger partial charge is 0.461 e. The molecule has 2 nitrogen and oxygen atoms in total. The highest BCUT2D eigenvalue weighted by Gasteiger charge is 2.11. The molecule has 1 aromatic heterocycles. The second-order valence-electron chi connectivity index (χ2n) is 5.24. The van der Waals surface area contributed by atoms with Crippen LogP contribution in [-0.2, 0) is 6.42 Å². The smallest absolute Gasteiger partial charge is 0.134 e. The Bertz CT molecular complexity index is 562. The van der Waals surface area contributed by atoms with Crippen LogP contribution < -0.4 is 5.32 Å². The van der Waals surface area contributed by atoms with Crippen LogP contribution in [0.15, 0.2) is 34.7 Å². The molecule has 0 aliphatic heterocycles. The van der Waals surface area contributed by atoms with Crippen molar-refractivity contribution in [3.05, 3.63) is 46.7 Å². The Balaban J connectivity index is 2.11. The highest BCUT2D eigenvalue weighted by Crippen LogP contribution is 2.29. The average molecular weight is 292 g/mol. The van der Waals surface area contributed by atoms with Crippen molar-refractivity contribution in [3.8, 4) is 11.3 Å². The first-order chi connectivity index (χ1) is 9.61. The molecule has 3 heteroatoms. The van der Waals surface area contributed by atoms with E-state index in [4.69, 9.17) is 16.0 Å². The second-order valence-corrected chi connectivity index (χ2v) is 5.64. The minimum atomic E-state index is 0.425. The van der Waals surface area contributed by atoms with Gasteiger partial charge in [-0.15, -0.1) is 0 Å². The number of hydrogen-bond donors (Lipinski definition) is 1. The predicted octanol–water partition coefficient (Wildman–Crippen LogP) is 4.84. The maximum atomic E-state index is 6.16. The first kappa shape index (κ1) is 15.1. The summed E-state index contributed by atoms with van der Waals surface area (Å²) in [4.78, 5) is 0. The van der Waals surface area contributed by atoms with Crippen LogP contribution in [-0.4, -0.2) is 12.6 Å². The monoisotopic (exact) mass is 291 g/mol. The molecule has 1 atom stereocenters. The molecule has 0 radical (unpaired) electrons. The normalized spacial score (nSPS) is 12.6. The molecule has 1 heterocycles. The Labute approximate surface area is 126 Å². The van der Waals surface area contributed by atoms with E-state index in [9.17, 15) is 0 Å². The van der Waals surface area contributed by atoms with E-state index in [1.165, 1.54) is 0 Å². The zero-order valence-electron chi connectivity index (χ0n) is 12.4. The molecule has 20 heavy (non-hydrogen) atoms. The van der Waals surface area contributed by atoms with Gasteiger partial charge in [-0.3, -0.25) is 0 Å². The molecule has 0 spiro atoms. The third kappa shape index (κ3) is 3.65. The van der Waals surface area contributed by atoms with E-state index in [1.807, 2.05) is 31.2 Å². The predicted molar refractivity (Wildman–Crippen MR) is 85.4 cm³/mol. The van der Waals surface area contributed by atoms with Gasteiger partial charge in [-0.05, 0) is 50.6 Å². The lowest BCUT2D eigenvalue weighted by molar-refractivity contribution is 0.464. The Hall–Kier alpha value is -1.25. The second kappa shape index (κ2) is 6.96. The van der Waals surface area contributed by atoms with Crippen molar-refractivity contribution >= 4 is 11.6 Å². The first-order valence-corrected chi connectivity index (χ1v) is 7.57. The summed E-state index contributed by atoms with van der Waals surface area (Å²) >= 11 is 6.16. The summed E-state index contributed by atoms with van der Waals surface area (Å²) < 4.78 is 5.96. The third-order valence-electron chi connectivity index (χ3n) is 3.44. The van der Waals surface area contributed by atoms with Gasteiger partial charge >= 0.3 is 0 Å². The molecule has 0 fully saturated rings. The number of rotatable bonds is 6. The minimum absolute atomic E-state index is 0.425. The number of nitrogens with one attached hydrogen (secondary N) is 1. The highest BCUT2D eigenvalue weighted by atomic mass is 35.5.